The zero-order valence-electron chi connectivity index (χ0n) is 13.0. The Balaban J connectivity index is 2.13. The van der Waals surface area contributed by atoms with Crippen LogP contribution in [0.3, 0.4) is 0 Å². The molecule has 0 saturated carbocycles. The van der Waals surface area contributed by atoms with Crippen LogP contribution in [0.5, 0.6) is 0 Å². The minimum atomic E-state index is -0.640. The van der Waals surface area contributed by atoms with Crippen molar-refractivity contribution in [1.82, 2.24) is 4.90 Å². The summed E-state index contributed by atoms with van der Waals surface area (Å²) < 4.78 is 0. The number of aliphatic carboxylic acids is 1. The molecule has 3 nitrogen and oxygen atoms in total. The lowest BCUT2D eigenvalue weighted by Crippen LogP contribution is -2.34. The molecule has 1 aliphatic rings. The predicted molar refractivity (Wildman–Crippen MR) is 80.9 cm³/mol. The van der Waals surface area contributed by atoms with Crippen molar-refractivity contribution in [2.45, 2.75) is 47.1 Å². The molecule has 1 fully saturated rings. The molecule has 1 saturated heterocycles. The van der Waals surface area contributed by atoms with Crippen molar-refractivity contribution in [1.29, 1.82) is 0 Å². The number of carboxylic acids is 1. The predicted octanol–water partition coefficient (Wildman–Crippen LogP) is 3.30. The standard InChI is InChI=1S/C17H25NO2/c1-5-17(16(19)20)6-7-18(11-17)10-15-9-13(3)12(2)8-14(15)4/h8-9H,5-7,10-11H2,1-4H3,(H,19,20). The Morgan fingerprint density at radius 2 is 1.90 bits per heavy atom. The minimum Gasteiger partial charge on any atom is -0.481 e. The van der Waals surface area contributed by atoms with E-state index in [9.17, 15) is 9.90 Å². The van der Waals surface area contributed by atoms with Crippen molar-refractivity contribution in [3.05, 3.63) is 34.4 Å². The SMILES string of the molecule is CCC1(C(=O)O)CCN(Cc2cc(C)c(C)cc2C)C1. The summed E-state index contributed by atoms with van der Waals surface area (Å²) in [5.74, 6) is -0.640. The van der Waals surface area contributed by atoms with Crippen LogP contribution in [0.4, 0.5) is 0 Å². The largest absolute Gasteiger partial charge is 0.481 e. The van der Waals surface area contributed by atoms with E-state index in [1.165, 1.54) is 22.3 Å². The number of hydrogen-bond donors (Lipinski definition) is 1. The highest BCUT2D eigenvalue weighted by molar-refractivity contribution is 5.75. The van der Waals surface area contributed by atoms with Crippen LogP contribution < -0.4 is 0 Å². The second kappa shape index (κ2) is 5.57. The highest BCUT2D eigenvalue weighted by atomic mass is 16.4. The fourth-order valence-corrected chi connectivity index (χ4v) is 3.14. The smallest absolute Gasteiger partial charge is 0.310 e. The second-order valence-electron chi connectivity index (χ2n) is 6.26. The molecule has 1 aliphatic heterocycles. The Bertz CT molecular complexity index is 524. The van der Waals surface area contributed by atoms with E-state index in [4.69, 9.17) is 0 Å². The molecular formula is C17H25NO2. The van der Waals surface area contributed by atoms with E-state index in [0.717, 1.165) is 19.5 Å². The van der Waals surface area contributed by atoms with Gasteiger partial charge in [0.25, 0.3) is 0 Å². The van der Waals surface area contributed by atoms with Gasteiger partial charge in [0.1, 0.15) is 0 Å². The molecule has 1 aromatic rings. The van der Waals surface area contributed by atoms with Gasteiger partial charge in [0.05, 0.1) is 5.41 Å². The average Bonchev–Trinajstić information content (AvgIpc) is 2.81. The van der Waals surface area contributed by atoms with E-state index in [-0.39, 0.29) is 0 Å². The normalized spacial score (nSPS) is 23.2. The van der Waals surface area contributed by atoms with Gasteiger partial charge in [0.2, 0.25) is 0 Å². The van der Waals surface area contributed by atoms with Crippen molar-refractivity contribution < 1.29 is 9.90 Å². The van der Waals surface area contributed by atoms with Crippen LogP contribution >= 0.6 is 0 Å². The topological polar surface area (TPSA) is 40.5 Å². The van der Waals surface area contributed by atoms with Crippen LogP contribution in [0.1, 0.15) is 42.0 Å². The first-order valence-corrected chi connectivity index (χ1v) is 7.40. The Hall–Kier alpha value is -1.35. The van der Waals surface area contributed by atoms with Gasteiger partial charge in [-0.05, 0) is 62.4 Å². The summed E-state index contributed by atoms with van der Waals surface area (Å²) in [5, 5.41) is 9.46. The molecule has 1 atom stereocenters. The third-order valence-corrected chi connectivity index (χ3v) is 4.91. The average molecular weight is 275 g/mol. The molecule has 1 unspecified atom stereocenters. The molecular weight excluding hydrogens is 250 g/mol. The highest BCUT2D eigenvalue weighted by Gasteiger charge is 2.43. The van der Waals surface area contributed by atoms with E-state index in [0.29, 0.717) is 13.0 Å². The van der Waals surface area contributed by atoms with E-state index in [1.807, 2.05) is 6.92 Å². The molecule has 0 spiro atoms. The minimum absolute atomic E-state index is 0.534. The van der Waals surface area contributed by atoms with Gasteiger partial charge >= 0.3 is 5.97 Å². The molecule has 0 aromatic heterocycles. The molecule has 110 valence electrons. The van der Waals surface area contributed by atoms with E-state index >= 15 is 0 Å². The van der Waals surface area contributed by atoms with Gasteiger partial charge in [-0.25, -0.2) is 0 Å². The number of hydrogen-bond acceptors (Lipinski definition) is 2. The van der Waals surface area contributed by atoms with Crippen LogP contribution in [0.25, 0.3) is 0 Å². The monoisotopic (exact) mass is 275 g/mol. The summed E-state index contributed by atoms with van der Waals surface area (Å²) in [5.41, 5.74) is 4.72. The Morgan fingerprint density at radius 3 is 2.45 bits per heavy atom. The van der Waals surface area contributed by atoms with Crippen LogP contribution in [0.15, 0.2) is 12.1 Å². The number of likely N-dealkylation sites (tertiary alicyclic amines) is 1. The van der Waals surface area contributed by atoms with Crippen LogP contribution in [-0.4, -0.2) is 29.1 Å². The maximum Gasteiger partial charge on any atom is 0.310 e. The first-order valence-electron chi connectivity index (χ1n) is 7.40. The Kier molecular flexibility index (Phi) is 4.19. The molecule has 0 amide bonds. The molecule has 1 heterocycles. The maximum atomic E-state index is 11.5. The van der Waals surface area contributed by atoms with Gasteiger partial charge < -0.3 is 5.11 Å². The number of carbonyl (C=O) groups is 1. The fraction of sp³-hybridized carbons (Fsp3) is 0.588. The van der Waals surface area contributed by atoms with Gasteiger partial charge in [-0.15, -0.1) is 0 Å². The summed E-state index contributed by atoms with van der Waals surface area (Å²) in [4.78, 5) is 13.8. The summed E-state index contributed by atoms with van der Waals surface area (Å²) in [6, 6.07) is 4.47. The molecule has 2 rings (SSSR count). The molecule has 0 aliphatic carbocycles. The van der Waals surface area contributed by atoms with Crippen molar-refractivity contribution in [2.75, 3.05) is 13.1 Å². The second-order valence-corrected chi connectivity index (χ2v) is 6.26. The quantitative estimate of drug-likeness (QED) is 0.916. The lowest BCUT2D eigenvalue weighted by molar-refractivity contribution is -0.148. The maximum absolute atomic E-state index is 11.5. The number of rotatable bonds is 4. The summed E-state index contributed by atoms with van der Waals surface area (Å²) in [6.45, 7) is 10.8. The highest BCUT2D eigenvalue weighted by Crippen LogP contribution is 2.35. The lowest BCUT2D eigenvalue weighted by Gasteiger charge is -2.23. The molecule has 0 radical (unpaired) electrons. The van der Waals surface area contributed by atoms with Crippen LogP contribution in [0.2, 0.25) is 0 Å². The van der Waals surface area contributed by atoms with Crippen LogP contribution in [-0.2, 0) is 11.3 Å². The zero-order valence-corrected chi connectivity index (χ0v) is 13.0. The Labute approximate surface area is 121 Å². The van der Waals surface area contributed by atoms with Crippen molar-refractivity contribution in [3.8, 4) is 0 Å². The van der Waals surface area contributed by atoms with Gasteiger partial charge in [-0.1, -0.05) is 19.1 Å². The summed E-state index contributed by atoms with van der Waals surface area (Å²) in [6.07, 6.45) is 1.48. The van der Waals surface area contributed by atoms with Gasteiger partial charge in [-0.2, -0.15) is 0 Å². The third-order valence-electron chi connectivity index (χ3n) is 4.91. The molecule has 3 heteroatoms. The first kappa shape index (κ1) is 15.0. The number of nitrogens with zero attached hydrogens (tertiary/aromatic N) is 1. The third kappa shape index (κ3) is 2.73. The van der Waals surface area contributed by atoms with Gasteiger partial charge in [0, 0.05) is 13.1 Å². The summed E-state index contributed by atoms with van der Waals surface area (Å²) in [7, 11) is 0. The molecule has 1 N–H and O–H groups in total. The van der Waals surface area contributed by atoms with E-state index in [2.05, 4.69) is 37.8 Å². The number of carboxylic acid groups (broad SMARTS) is 1. The van der Waals surface area contributed by atoms with Crippen molar-refractivity contribution >= 4 is 5.97 Å². The van der Waals surface area contributed by atoms with Crippen LogP contribution in [0, 0.1) is 26.2 Å². The Morgan fingerprint density at radius 1 is 1.25 bits per heavy atom. The lowest BCUT2D eigenvalue weighted by atomic mass is 9.84. The fourth-order valence-electron chi connectivity index (χ4n) is 3.14. The van der Waals surface area contributed by atoms with Gasteiger partial charge in [0.15, 0.2) is 0 Å². The van der Waals surface area contributed by atoms with Crippen molar-refractivity contribution in [2.24, 2.45) is 5.41 Å². The van der Waals surface area contributed by atoms with Gasteiger partial charge in [-0.3, -0.25) is 9.69 Å². The van der Waals surface area contributed by atoms with E-state index < -0.39 is 11.4 Å². The number of aryl methyl sites for hydroxylation is 3. The first-order chi connectivity index (χ1) is 9.38. The van der Waals surface area contributed by atoms with Crippen molar-refractivity contribution in [3.63, 3.8) is 0 Å². The molecule has 0 bridgehead atoms. The zero-order chi connectivity index (χ0) is 14.9. The van der Waals surface area contributed by atoms with E-state index in [1.54, 1.807) is 0 Å². The summed E-state index contributed by atoms with van der Waals surface area (Å²) >= 11 is 0. The molecule has 1 aromatic carbocycles. The molecule has 20 heavy (non-hydrogen) atoms. The number of benzene rings is 1.